The van der Waals surface area contributed by atoms with Crippen molar-refractivity contribution in [2.45, 2.75) is 46.7 Å². The number of hydrogen-bond donors (Lipinski definition) is 1. The van der Waals surface area contributed by atoms with Gasteiger partial charge in [0.2, 0.25) is 5.91 Å². The van der Waals surface area contributed by atoms with Crippen LogP contribution in [0.2, 0.25) is 0 Å². The van der Waals surface area contributed by atoms with Gasteiger partial charge < -0.3 is 9.88 Å². The zero-order valence-corrected chi connectivity index (χ0v) is 15.4. The summed E-state index contributed by atoms with van der Waals surface area (Å²) in [6, 6.07) is 5.95. The third-order valence-electron chi connectivity index (χ3n) is 4.67. The molecule has 0 atom stereocenters. The molecule has 26 heavy (non-hydrogen) atoms. The molecule has 1 aromatic carbocycles. The Labute approximate surface area is 152 Å². The molecule has 6 heteroatoms. The smallest absolute Gasteiger partial charge is 0.227 e. The molecule has 3 heterocycles. The lowest BCUT2D eigenvalue weighted by atomic mass is 10.1. The minimum Gasteiger partial charge on any atom is -0.342 e. The number of hydrogen-bond acceptors (Lipinski definition) is 4. The molecule has 1 N–H and O–H groups in total. The summed E-state index contributed by atoms with van der Waals surface area (Å²) in [5.74, 6) is 2.39. The molecule has 3 aromatic rings. The molecular weight excluding hydrogens is 326 g/mol. The predicted molar refractivity (Wildman–Crippen MR) is 99.4 cm³/mol. The van der Waals surface area contributed by atoms with Crippen molar-refractivity contribution in [2.75, 3.05) is 0 Å². The monoisotopic (exact) mass is 349 g/mol. The Morgan fingerprint density at radius 3 is 2.92 bits per heavy atom. The summed E-state index contributed by atoms with van der Waals surface area (Å²) in [6.45, 7) is 7.42. The number of aryl methyl sites for hydroxylation is 1. The highest BCUT2D eigenvalue weighted by atomic mass is 16.2. The van der Waals surface area contributed by atoms with Gasteiger partial charge in [0.15, 0.2) is 0 Å². The van der Waals surface area contributed by atoms with Gasteiger partial charge in [-0.05, 0) is 30.5 Å². The number of imidazole rings is 1. The number of nitrogens with zero attached hydrogens (tertiary/aromatic N) is 4. The van der Waals surface area contributed by atoms with Crippen molar-refractivity contribution in [1.29, 1.82) is 0 Å². The molecule has 0 saturated carbocycles. The molecule has 0 aliphatic carbocycles. The highest BCUT2D eigenvalue weighted by Gasteiger charge is 2.25. The first-order valence-electron chi connectivity index (χ1n) is 9.04. The largest absolute Gasteiger partial charge is 0.342 e. The summed E-state index contributed by atoms with van der Waals surface area (Å²) in [5.41, 5.74) is 4.95. The number of carbonyl (C=O) groups is 1. The van der Waals surface area contributed by atoms with Gasteiger partial charge in [0.05, 0.1) is 29.7 Å². The molecule has 1 amide bonds. The Hall–Kier alpha value is -2.76. The van der Waals surface area contributed by atoms with E-state index in [-0.39, 0.29) is 5.91 Å². The Morgan fingerprint density at radius 1 is 1.27 bits per heavy atom. The second-order valence-corrected chi connectivity index (χ2v) is 7.46. The zero-order valence-electron chi connectivity index (χ0n) is 15.4. The minimum atomic E-state index is 0.115. The van der Waals surface area contributed by atoms with Crippen LogP contribution in [0.15, 0.2) is 24.4 Å². The van der Waals surface area contributed by atoms with E-state index >= 15 is 0 Å². The number of benzene rings is 1. The van der Waals surface area contributed by atoms with E-state index in [9.17, 15) is 4.79 Å². The van der Waals surface area contributed by atoms with Crippen LogP contribution < -0.4 is 0 Å². The standard InChI is InChI=1S/C20H23N5O/c1-12(2)6-19-21-9-15-10-25(11-18(15)24-19)20(26)8-14-4-5-16-17(7-14)23-13(3)22-16/h4-5,7,9,12H,6,8,10-11H2,1-3H3,(H,22,23). The summed E-state index contributed by atoms with van der Waals surface area (Å²) in [4.78, 5) is 31.3. The second kappa shape index (κ2) is 6.52. The highest BCUT2D eigenvalue weighted by Crippen LogP contribution is 2.22. The topological polar surface area (TPSA) is 74.8 Å². The molecule has 0 spiro atoms. The van der Waals surface area contributed by atoms with Crippen LogP contribution in [-0.2, 0) is 30.7 Å². The molecule has 1 aliphatic heterocycles. The summed E-state index contributed by atoms with van der Waals surface area (Å²) in [5, 5.41) is 0. The zero-order chi connectivity index (χ0) is 18.3. The van der Waals surface area contributed by atoms with Gasteiger partial charge in [-0.25, -0.2) is 15.0 Å². The Kier molecular flexibility index (Phi) is 4.18. The molecule has 4 rings (SSSR count). The van der Waals surface area contributed by atoms with Gasteiger partial charge in [0, 0.05) is 24.7 Å². The second-order valence-electron chi connectivity index (χ2n) is 7.46. The van der Waals surface area contributed by atoms with E-state index in [0.29, 0.717) is 25.4 Å². The predicted octanol–water partition coefficient (Wildman–Crippen LogP) is 2.94. The molecule has 0 fully saturated rings. The van der Waals surface area contributed by atoms with Gasteiger partial charge in [0.25, 0.3) is 0 Å². The normalized spacial score (nSPS) is 13.6. The van der Waals surface area contributed by atoms with Crippen LogP contribution in [0.4, 0.5) is 0 Å². The van der Waals surface area contributed by atoms with Crippen LogP contribution in [0.25, 0.3) is 11.0 Å². The van der Waals surface area contributed by atoms with Gasteiger partial charge in [-0.3, -0.25) is 4.79 Å². The fourth-order valence-electron chi connectivity index (χ4n) is 3.42. The van der Waals surface area contributed by atoms with Gasteiger partial charge >= 0.3 is 0 Å². The molecule has 134 valence electrons. The third-order valence-corrected chi connectivity index (χ3v) is 4.67. The van der Waals surface area contributed by atoms with Crippen molar-refractivity contribution in [3.8, 4) is 0 Å². The Bertz CT molecular complexity index is 975. The van der Waals surface area contributed by atoms with E-state index in [1.165, 1.54) is 0 Å². The fraction of sp³-hybridized carbons (Fsp3) is 0.400. The number of nitrogens with one attached hydrogen (secondary N) is 1. The molecule has 0 unspecified atom stereocenters. The molecule has 6 nitrogen and oxygen atoms in total. The average molecular weight is 349 g/mol. The Balaban J connectivity index is 1.46. The van der Waals surface area contributed by atoms with Gasteiger partial charge in [0.1, 0.15) is 11.6 Å². The van der Waals surface area contributed by atoms with E-state index in [0.717, 1.165) is 45.9 Å². The van der Waals surface area contributed by atoms with Crippen molar-refractivity contribution >= 4 is 16.9 Å². The van der Waals surface area contributed by atoms with Crippen molar-refractivity contribution in [3.63, 3.8) is 0 Å². The first-order chi connectivity index (χ1) is 12.5. The third kappa shape index (κ3) is 3.31. The van der Waals surface area contributed by atoms with Crippen LogP contribution in [0, 0.1) is 12.8 Å². The van der Waals surface area contributed by atoms with E-state index in [1.54, 1.807) is 0 Å². The lowest BCUT2D eigenvalue weighted by Crippen LogP contribution is -2.27. The van der Waals surface area contributed by atoms with Gasteiger partial charge in [-0.1, -0.05) is 19.9 Å². The summed E-state index contributed by atoms with van der Waals surface area (Å²) in [6.07, 6.45) is 3.13. The van der Waals surface area contributed by atoms with Crippen molar-refractivity contribution < 1.29 is 4.79 Å². The minimum absolute atomic E-state index is 0.115. The van der Waals surface area contributed by atoms with Crippen LogP contribution in [0.5, 0.6) is 0 Å². The molecular formula is C20H23N5O. The van der Waals surface area contributed by atoms with Crippen LogP contribution in [0.3, 0.4) is 0 Å². The molecule has 2 aromatic heterocycles. The summed E-state index contributed by atoms with van der Waals surface area (Å²) in [7, 11) is 0. The number of aromatic nitrogens is 4. The molecule has 1 aliphatic rings. The van der Waals surface area contributed by atoms with E-state index in [4.69, 9.17) is 0 Å². The van der Waals surface area contributed by atoms with Crippen molar-refractivity contribution in [3.05, 3.63) is 52.9 Å². The maximum atomic E-state index is 12.7. The molecule has 0 saturated heterocycles. The number of amides is 1. The number of H-pyrrole nitrogens is 1. The van der Waals surface area contributed by atoms with Crippen LogP contribution >= 0.6 is 0 Å². The fourth-order valence-corrected chi connectivity index (χ4v) is 3.42. The lowest BCUT2D eigenvalue weighted by molar-refractivity contribution is -0.131. The maximum Gasteiger partial charge on any atom is 0.227 e. The van der Waals surface area contributed by atoms with E-state index in [1.807, 2.05) is 36.2 Å². The molecule has 0 radical (unpaired) electrons. The van der Waals surface area contributed by atoms with Crippen molar-refractivity contribution in [1.82, 2.24) is 24.8 Å². The average Bonchev–Trinajstić information content (AvgIpc) is 3.15. The van der Waals surface area contributed by atoms with Crippen molar-refractivity contribution in [2.24, 2.45) is 5.92 Å². The number of carbonyl (C=O) groups excluding carboxylic acids is 1. The Morgan fingerprint density at radius 2 is 2.12 bits per heavy atom. The van der Waals surface area contributed by atoms with E-state index < -0.39 is 0 Å². The quantitative estimate of drug-likeness (QED) is 0.786. The number of aromatic amines is 1. The highest BCUT2D eigenvalue weighted by molar-refractivity contribution is 5.82. The van der Waals surface area contributed by atoms with Gasteiger partial charge in [-0.2, -0.15) is 0 Å². The number of fused-ring (bicyclic) bond motifs is 2. The summed E-state index contributed by atoms with van der Waals surface area (Å²) < 4.78 is 0. The van der Waals surface area contributed by atoms with Crippen LogP contribution in [-0.4, -0.2) is 30.7 Å². The van der Waals surface area contributed by atoms with E-state index in [2.05, 4.69) is 33.8 Å². The van der Waals surface area contributed by atoms with Gasteiger partial charge in [-0.15, -0.1) is 0 Å². The molecule has 0 bridgehead atoms. The SMILES string of the molecule is Cc1nc2ccc(CC(=O)N3Cc4cnc(CC(C)C)nc4C3)cc2[nH]1. The number of rotatable bonds is 4. The first-order valence-corrected chi connectivity index (χ1v) is 9.04. The maximum absolute atomic E-state index is 12.7. The van der Waals surface area contributed by atoms with Crippen LogP contribution in [0.1, 0.15) is 42.3 Å². The lowest BCUT2D eigenvalue weighted by Gasteiger charge is -2.15. The summed E-state index contributed by atoms with van der Waals surface area (Å²) >= 11 is 0. The first kappa shape index (κ1) is 16.7.